The Hall–Kier alpha value is -2.47. The first-order chi connectivity index (χ1) is 10.3. The zero-order valence-corrected chi connectivity index (χ0v) is 12.3. The summed E-state index contributed by atoms with van der Waals surface area (Å²) in [4.78, 5) is 0. The standard InChI is InChI=1S/C18H20N2O/c1-2-16(13-15-7-4-3-5-8-15)20-17-9-6-10-18(14-17)21-12-11-19/h3-10,14,16,20H,2,12-13H2,1H3. The largest absolute Gasteiger partial charge is 0.479 e. The van der Waals surface area contributed by atoms with E-state index < -0.39 is 0 Å². The average molecular weight is 280 g/mol. The molecule has 3 heteroatoms. The van der Waals surface area contributed by atoms with Crippen molar-refractivity contribution in [3.63, 3.8) is 0 Å². The maximum atomic E-state index is 8.55. The highest BCUT2D eigenvalue weighted by atomic mass is 16.5. The minimum Gasteiger partial charge on any atom is -0.479 e. The molecule has 108 valence electrons. The molecule has 0 saturated carbocycles. The molecule has 0 heterocycles. The first-order valence-electron chi connectivity index (χ1n) is 7.22. The van der Waals surface area contributed by atoms with E-state index in [2.05, 4.69) is 36.5 Å². The van der Waals surface area contributed by atoms with Crippen LogP contribution in [0.5, 0.6) is 5.75 Å². The van der Waals surface area contributed by atoms with E-state index in [4.69, 9.17) is 10.00 Å². The Kier molecular flexibility index (Phi) is 5.66. The lowest BCUT2D eigenvalue weighted by atomic mass is 10.0. The summed E-state index contributed by atoms with van der Waals surface area (Å²) in [6.45, 7) is 2.25. The number of hydrogen-bond donors (Lipinski definition) is 1. The molecule has 1 atom stereocenters. The molecule has 2 aromatic carbocycles. The van der Waals surface area contributed by atoms with Crippen LogP contribution in [0.2, 0.25) is 0 Å². The zero-order chi connectivity index (χ0) is 14.9. The Morgan fingerprint density at radius 3 is 2.67 bits per heavy atom. The lowest BCUT2D eigenvalue weighted by Gasteiger charge is -2.19. The number of hydrogen-bond acceptors (Lipinski definition) is 3. The van der Waals surface area contributed by atoms with Gasteiger partial charge in [-0.25, -0.2) is 0 Å². The third kappa shape index (κ3) is 4.85. The molecule has 0 amide bonds. The van der Waals surface area contributed by atoms with E-state index in [1.165, 1.54) is 5.56 Å². The summed E-state index contributed by atoms with van der Waals surface area (Å²) < 4.78 is 5.33. The van der Waals surface area contributed by atoms with Crippen LogP contribution in [0.25, 0.3) is 0 Å². The molecule has 1 unspecified atom stereocenters. The van der Waals surface area contributed by atoms with E-state index in [1.54, 1.807) is 0 Å². The first kappa shape index (κ1) is 14.9. The van der Waals surface area contributed by atoms with Gasteiger partial charge in [0.05, 0.1) is 0 Å². The summed E-state index contributed by atoms with van der Waals surface area (Å²) in [6, 6.07) is 20.6. The third-order valence-corrected chi connectivity index (χ3v) is 3.33. The van der Waals surface area contributed by atoms with E-state index in [0.29, 0.717) is 6.04 Å². The molecule has 0 aliphatic carbocycles. The number of ether oxygens (including phenoxy) is 1. The predicted octanol–water partition coefficient (Wildman–Crippen LogP) is 4.02. The molecular formula is C18H20N2O. The smallest absolute Gasteiger partial charge is 0.174 e. The van der Waals surface area contributed by atoms with Crippen LogP contribution >= 0.6 is 0 Å². The summed E-state index contributed by atoms with van der Waals surface area (Å²) in [5, 5.41) is 12.1. The minimum absolute atomic E-state index is 0.0741. The molecular weight excluding hydrogens is 260 g/mol. The van der Waals surface area contributed by atoms with E-state index in [0.717, 1.165) is 24.3 Å². The highest BCUT2D eigenvalue weighted by Gasteiger charge is 2.07. The lowest BCUT2D eigenvalue weighted by Crippen LogP contribution is -2.21. The summed E-state index contributed by atoms with van der Waals surface area (Å²) in [6.07, 6.45) is 2.03. The Morgan fingerprint density at radius 1 is 1.14 bits per heavy atom. The number of anilines is 1. The summed E-state index contributed by atoms with van der Waals surface area (Å²) in [5.41, 5.74) is 2.35. The highest BCUT2D eigenvalue weighted by Crippen LogP contribution is 2.19. The Labute approximate surface area is 126 Å². The van der Waals surface area contributed by atoms with Crippen LogP contribution in [0.3, 0.4) is 0 Å². The number of nitriles is 1. The maximum absolute atomic E-state index is 8.55. The van der Waals surface area contributed by atoms with E-state index in [-0.39, 0.29) is 6.61 Å². The van der Waals surface area contributed by atoms with Crippen molar-refractivity contribution in [1.29, 1.82) is 5.26 Å². The van der Waals surface area contributed by atoms with Gasteiger partial charge in [-0.1, -0.05) is 43.3 Å². The number of nitrogens with one attached hydrogen (secondary N) is 1. The van der Waals surface area contributed by atoms with Gasteiger partial charge in [-0.2, -0.15) is 5.26 Å². The molecule has 0 saturated heterocycles. The maximum Gasteiger partial charge on any atom is 0.174 e. The van der Waals surface area contributed by atoms with Gasteiger partial charge in [0, 0.05) is 17.8 Å². The van der Waals surface area contributed by atoms with E-state index >= 15 is 0 Å². The van der Waals surface area contributed by atoms with Crippen LogP contribution < -0.4 is 10.1 Å². The summed E-state index contributed by atoms with van der Waals surface area (Å²) in [7, 11) is 0. The summed E-state index contributed by atoms with van der Waals surface area (Å²) >= 11 is 0. The fraction of sp³-hybridized carbons (Fsp3) is 0.278. The van der Waals surface area contributed by atoms with Crippen LogP contribution in [0, 0.1) is 11.3 Å². The Bertz CT molecular complexity index is 590. The molecule has 0 bridgehead atoms. The van der Waals surface area contributed by atoms with Crippen molar-refractivity contribution in [2.45, 2.75) is 25.8 Å². The zero-order valence-electron chi connectivity index (χ0n) is 12.3. The van der Waals surface area contributed by atoms with Crippen molar-refractivity contribution in [3.8, 4) is 11.8 Å². The van der Waals surface area contributed by atoms with Gasteiger partial charge in [-0.15, -0.1) is 0 Å². The number of nitrogens with zero attached hydrogens (tertiary/aromatic N) is 1. The number of rotatable bonds is 7. The first-order valence-corrected chi connectivity index (χ1v) is 7.22. The van der Waals surface area contributed by atoms with Crippen molar-refractivity contribution < 1.29 is 4.74 Å². The molecule has 2 aromatic rings. The lowest BCUT2D eigenvalue weighted by molar-refractivity contribution is 0.368. The van der Waals surface area contributed by atoms with Gasteiger partial charge in [-0.3, -0.25) is 0 Å². The monoisotopic (exact) mass is 280 g/mol. The van der Waals surface area contributed by atoms with E-state index in [1.807, 2.05) is 36.4 Å². The van der Waals surface area contributed by atoms with Crippen LogP contribution in [-0.2, 0) is 6.42 Å². The molecule has 21 heavy (non-hydrogen) atoms. The molecule has 1 N–H and O–H groups in total. The van der Waals surface area contributed by atoms with Gasteiger partial charge in [0.2, 0.25) is 0 Å². The Balaban J connectivity index is 2.00. The van der Waals surface area contributed by atoms with Gasteiger partial charge in [0.25, 0.3) is 0 Å². The van der Waals surface area contributed by atoms with Crippen molar-refractivity contribution in [3.05, 3.63) is 60.2 Å². The van der Waals surface area contributed by atoms with Gasteiger partial charge in [0.1, 0.15) is 11.8 Å². The third-order valence-electron chi connectivity index (χ3n) is 3.33. The molecule has 0 fully saturated rings. The van der Waals surface area contributed by atoms with Crippen LogP contribution in [0.4, 0.5) is 5.69 Å². The van der Waals surface area contributed by atoms with Gasteiger partial charge in [-0.05, 0) is 30.5 Å². The second kappa shape index (κ2) is 7.96. The quantitative estimate of drug-likeness (QED) is 0.833. The fourth-order valence-electron chi connectivity index (χ4n) is 2.22. The average Bonchev–Trinajstić information content (AvgIpc) is 2.53. The van der Waals surface area contributed by atoms with Crippen molar-refractivity contribution in [2.75, 3.05) is 11.9 Å². The molecule has 2 rings (SSSR count). The minimum atomic E-state index is 0.0741. The molecule has 0 aliphatic rings. The van der Waals surface area contributed by atoms with Crippen LogP contribution in [0.15, 0.2) is 54.6 Å². The van der Waals surface area contributed by atoms with Gasteiger partial charge in [0.15, 0.2) is 6.61 Å². The molecule has 0 radical (unpaired) electrons. The molecule has 0 aliphatic heterocycles. The van der Waals surface area contributed by atoms with Gasteiger partial charge >= 0.3 is 0 Å². The topological polar surface area (TPSA) is 45.0 Å². The van der Waals surface area contributed by atoms with Crippen molar-refractivity contribution >= 4 is 5.69 Å². The van der Waals surface area contributed by atoms with Crippen molar-refractivity contribution in [2.24, 2.45) is 0 Å². The number of benzene rings is 2. The summed E-state index contributed by atoms with van der Waals surface area (Å²) in [5.74, 6) is 0.719. The predicted molar refractivity (Wildman–Crippen MR) is 85.4 cm³/mol. The Morgan fingerprint density at radius 2 is 1.95 bits per heavy atom. The molecule has 0 aromatic heterocycles. The fourth-order valence-corrected chi connectivity index (χ4v) is 2.22. The van der Waals surface area contributed by atoms with Gasteiger partial charge < -0.3 is 10.1 Å². The van der Waals surface area contributed by atoms with Crippen molar-refractivity contribution in [1.82, 2.24) is 0 Å². The van der Waals surface area contributed by atoms with Crippen LogP contribution in [0.1, 0.15) is 18.9 Å². The SMILES string of the molecule is CCC(Cc1ccccc1)Nc1cccc(OCC#N)c1. The highest BCUT2D eigenvalue weighted by molar-refractivity contribution is 5.49. The second-order valence-electron chi connectivity index (χ2n) is 4.91. The van der Waals surface area contributed by atoms with Crippen LogP contribution in [-0.4, -0.2) is 12.6 Å². The van der Waals surface area contributed by atoms with E-state index in [9.17, 15) is 0 Å². The normalized spacial score (nSPS) is 11.4. The molecule has 0 spiro atoms. The second-order valence-corrected chi connectivity index (χ2v) is 4.91. The molecule has 3 nitrogen and oxygen atoms in total.